The predicted octanol–water partition coefficient (Wildman–Crippen LogP) is 2.92. The minimum Gasteiger partial charge on any atom is -0.355 e. The molecule has 0 amide bonds. The molecular weight excluding hydrogens is 354 g/mol. The Morgan fingerprint density at radius 2 is 1.93 bits per heavy atom. The van der Waals surface area contributed by atoms with E-state index in [4.69, 9.17) is 0 Å². The molecule has 28 heavy (non-hydrogen) atoms. The average Bonchev–Trinajstić information content (AvgIpc) is 3.16. The lowest BCUT2D eigenvalue weighted by Gasteiger charge is -2.25. The Morgan fingerprint density at radius 1 is 1.18 bits per heavy atom. The number of nitrogens with one attached hydrogen (secondary N) is 2. The number of aliphatic imine (C=N–C) groups is 1. The van der Waals surface area contributed by atoms with Gasteiger partial charge in [0.2, 0.25) is 0 Å². The van der Waals surface area contributed by atoms with Crippen LogP contribution in [-0.4, -0.2) is 42.0 Å². The Hall–Kier alpha value is -2.93. The lowest BCUT2D eigenvalue weighted by Crippen LogP contribution is -2.44. The van der Waals surface area contributed by atoms with Gasteiger partial charge in [-0.15, -0.1) is 0 Å². The molecule has 0 aliphatic carbocycles. The zero-order valence-corrected chi connectivity index (χ0v) is 16.2. The number of nitro groups is 1. The zero-order valence-electron chi connectivity index (χ0n) is 16.2. The Morgan fingerprint density at radius 3 is 2.68 bits per heavy atom. The minimum absolute atomic E-state index is 0.121. The van der Waals surface area contributed by atoms with Crippen LogP contribution in [0.25, 0.3) is 0 Å². The Bertz CT molecular complexity index is 809. The quantitative estimate of drug-likeness (QED) is 0.333. The number of likely N-dealkylation sites (tertiary alicyclic amines) is 1. The smallest absolute Gasteiger partial charge is 0.274 e. The third-order valence-electron chi connectivity index (χ3n) is 5.09. The summed E-state index contributed by atoms with van der Waals surface area (Å²) >= 11 is 0. The highest BCUT2D eigenvalue weighted by atomic mass is 16.6. The van der Waals surface area contributed by atoms with E-state index in [1.165, 1.54) is 18.1 Å². The summed E-state index contributed by atoms with van der Waals surface area (Å²) in [6, 6.07) is 17.7. The number of para-hydroxylation sites is 1. The maximum Gasteiger partial charge on any atom is 0.274 e. The molecule has 2 aromatic rings. The van der Waals surface area contributed by atoms with Gasteiger partial charge in [0.05, 0.1) is 4.92 Å². The van der Waals surface area contributed by atoms with Crippen molar-refractivity contribution in [2.24, 2.45) is 4.99 Å². The lowest BCUT2D eigenvalue weighted by molar-refractivity contribution is -0.385. The molecule has 1 unspecified atom stereocenters. The number of guanidine groups is 1. The first-order valence-corrected chi connectivity index (χ1v) is 9.62. The molecule has 0 bridgehead atoms. The topological polar surface area (TPSA) is 82.8 Å². The number of hydrogen-bond acceptors (Lipinski definition) is 4. The first-order chi connectivity index (χ1) is 13.7. The van der Waals surface area contributed by atoms with Gasteiger partial charge in [-0.05, 0) is 24.9 Å². The Balaban J connectivity index is 1.52. The second-order valence-corrected chi connectivity index (χ2v) is 6.94. The molecule has 0 aromatic heterocycles. The maximum absolute atomic E-state index is 11.1. The van der Waals surface area contributed by atoms with Gasteiger partial charge in [-0.1, -0.05) is 48.5 Å². The fraction of sp³-hybridized carbons (Fsp3) is 0.381. The van der Waals surface area contributed by atoms with Gasteiger partial charge in [-0.3, -0.25) is 20.0 Å². The number of hydrogen-bond donors (Lipinski definition) is 2. The van der Waals surface area contributed by atoms with E-state index in [0.717, 1.165) is 26.1 Å². The fourth-order valence-corrected chi connectivity index (χ4v) is 3.60. The highest BCUT2D eigenvalue weighted by Gasteiger charge is 2.24. The van der Waals surface area contributed by atoms with E-state index < -0.39 is 0 Å². The van der Waals surface area contributed by atoms with Crippen molar-refractivity contribution in [3.63, 3.8) is 0 Å². The predicted molar refractivity (Wildman–Crippen MR) is 111 cm³/mol. The van der Waals surface area contributed by atoms with Crippen LogP contribution in [0, 0.1) is 10.1 Å². The van der Waals surface area contributed by atoms with Crippen molar-refractivity contribution in [2.75, 3.05) is 20.1 Å². The van der Waals surface area contributed by atoms with Crippen LogP contribution in [0.3, 0.4) is 0 Å². The molecule has 2 N–H and O–H groups in total. The zero-order chi connectivity index (χ0) is 19.8. The largest absolute Gasteiger partial charge is 0.355 e. The SMILES string of the molecule is CN=C(NCc1ccccc1[N+](=O)[O-])NCC1CCCN1Cc1ccccc1. The Labute approximate surface area is 165 Å². The van der Waals surface area contributed by atoms with Crippen LogP contribution in [0.4, 0.5) is 5.69 Å². The molecular formula is C21H27N5O2. The molecule has 1 fully saturated rings. The highest BCUT2D eigenvalue weighted by molar-refractivity contribution is 5.79. The summed E-state index contributed by atoms with van der Waals surface area (Å²) in [5.41, 5.74) is 2.09. The summed E-state index contributed by atoms with van der Waals surface area (Å²) in [7, 11) is 1.71. The number of nitrogens with zero attached hydrogens (tertiary/aromatic N) is 3. The molecule has 3 rings (SSSR count). The van der Waals surface area contributed by atoms with Gasteiger partial charge in [0, 0.05) is 44.4 Å². The van der Waals surface area contributed by atoms with Gasteiger partial charge in [-0.2, -0.15) is 0 Å². The van der Waals surface area contributed by atoms with Crippen LogP contribution >= 0.6 is 0 Å². The van der Waals surface area contributed by atoms with Crippen LogP contribution < -0.4 is 10.6 Å². The third-order valence-corrected chi connectivity index (χ3v) is 5.09. The van der Waals surface area contributed by atoms with Crippen LogP contribution in [0.5, 0.6) is 0 Å². The van der Waals surface area contributed by atoms with Crippen molar-refractivity contribution < 1.29 is 4.92 Å². The summed E-state index contributed by atoms with van der Waals surface area (Å²) in [6.45, 7) is 3.21. The van der Waals surface area contributed by atoms with E-state index in [2.05, 4.69) is 44.8 Å². The van der Waals surface area contributed by atoms with Gasteiger partial charge in [0.15, 0.2) is 5.96 Å². The third kappa shape index (κ3) is 5.29. The van der Waals surface area contributed by atoms with Crippen LogP contribution in [0.1, 0.15) is 24.0 Å². The van der Waals surface area contributed by atoms with Crippen molar-refractivity contribution in [3.05, 3.63) is 75.8 Å². The summed E-state index contributed by atoms with van der Waals surface area (Å²) in [5, 5.41) is 17.7. The molecule has 2 aromatic carbocycles. The van der Waals surface area contributed by atoms with Crippen molar-refractivity contribution in [1.29, 1.82) is 0 Å². The van der Waals surface area contributed by atoms with Gasteiger partial charge < -0.3 is 10.6 Å². The molecule has 0 saturated carbocycles. The van der Waals surface area contributed by atoms with Gasteiger partial charge >= 0.3 is 0 Å². The first-order valence-electron chi connectivity index (χ1n) is 9.62. The van der Waals surface area contributed by atoms with E-state index >= 15 is 0 Å². The number of rotatable bonds is 7. The van der Waals surface area contributed by atoms with Crippen molar-refractivity contribution in [1.82, 2.24) is 15.5 Å². The molecule has 1 aliphatic rings. The van der Waals surface area contributed by atoms with E-state index in [0.29, 0.717) is 24.1 Å². The minimum atomic E-state index is -0.354. The molecule has 0 spiro atoms. The van der Waals surface area contributed by atoms with Crippen LogP contribution in [-0.2, 0) is 13.1 Å². The van der Waals surface area contributed by atoms with Crippen molar-refractivity contribution >= 4 is 11.6 Å². The molecule has 1 saturated heterocycles. The van der Waals surface area contributed by atoms with E-state index in [-0.39, 0.29) is 10.6 Å². The van der Waals surface area contributed by atoms with Crippen LogP contribution in [0.2, 0.25) is 0 Å². The maximum atomic E-state index is 11.1. The van der Waals surface area contributed by atoms with E-state index in [9.17, 15) is 10.1 Å². The molecule has 1 heterocycles. The summed E-state index contributed by atoms with van der Waals surface area (Å²) in [4.78, 5) is 17.5. The Kier molecular flexibility index (Phi) is 6.97. The molecule has 1 atom stereocenters. The summed E-state index contributed by atoms with van der Waals surface area (Å²) < 4.78 is 0. The van der Waals surface area contributed by atoms with Gasteiger partial charge in [0.1, 0.15) is 0 Å². The van der Waals surface area contributed by atoms with E-state index in [1.54, 1.807) is 25.2 Å². The summed E-state index contributed by atoms with van der Waals surface area (Å²) in [6.07, 6.45) is 2.35. The molecule has 7 nitrogen and oxygen atoms in total. The molecule has 7 heteroatoms. The van der Waals surface area contributed by atoms with Crippen LogP contribution in [0.15, 0.2) is 59.6 Å². The molecule has 0 radical (unpaired) electrons. The molecule has 1 aliphatic heterocycles. The van der Waals surface area contributed by atoms with Crippen molar-refractivity contribution in [3.8, 4) is 0 Å². The highest BCUT2D eigenvalue weighted by Crippen LogP contribution is 2.20. The summed E-state index contributed by atoms with van der Waals surface area (Å²) in [5.74, 6) is 0.657. The standard InChI is InChI=1S/C21H27N5O2/c1-22-21(23-14-18-10-5-6-12-20(18)26(27)28)24-15-19-11-7-13-25(19)16-17-8-3-2-4-9-17/h2-6,8-10,12,19H,7,11,13-16H2,1H3,(H2,22,23,24). The fourth-order valence-electron chi connectivity index (χ4n) is 3.60. The van der Waals surface area contributed by atoms with Crippen molar-refractivity contribution in [2.45, 2.75) is 32.0 Å². The number of benzene rings is 2. The second kappa shape index (κ2) is 9.85. The lowest BCUT2D eigenvalue weighted by atomic mass is 10.2. The monoisotopic (exact) mass is 381 g/mol. The normalized spacial score (nSPS) is 17.5. The first kappa shape index (κ1) is 19.8. The van der Waals surface area contributed by atoms with E-state index in [1.807, 2.05) is 6.07 Å². The number of nitro benzene ring substituents is 1. The average molecular weight is 381 g/mol. The second-order valence-electron chi connectivity index (χ2n) is 6.94. The molecule has 148 valence electrons. The van der Waals surface area contributed by atoms with Gasteiger partial charge in [0.25, 0.3) is 5.69 Å². The van der Waals surface area contributed by atoms with Gasteiger partial charge in [-0.25, -0.2) is 0 Å².